The Labute approximate surface area is 168 Å². The number of amides is 2. The number of hydrogen-bond acceptors (Lipinski definition) is 4. The van der Waals surface area contributed by atoms with E-state index in [0.717, 1.165) is 0 Å². The van der Waals surface area contributed by atoms with E-state index < -0.39 is 0 Å². The van der Waals surface area contributed by atoms with E-state index >= 15 is 0 Å². The number of para-hydroxylation sites is 1. The highest BCUT2D eigenvalue weighted by molar-refractivity contribution is 6.13. The highest BCUT2D eigenvalue weighted by Crippen LogP contribution is 2.20. The van der Waals surface area contributed by atoms with Gasteiger partial charge in [-0.2, -0.15) is 5.10 Å². The van der Waals surface area contributed by atoms with E-state index in [-0.39, 0.29) is 17.4 Å². The molecule has 8 heteroatoms. The number of carbonyl (C=O) groups excluding carboxylic acids is 2. The Bertz CT molecular complexity index is 1130. The predicted octanol–water partition coefficient (Wildman–Crippen LogP) is 2.16. The van der Waals surface area contributed by atoms with Crippen LogP contribution in [-0.2, 0) is 18.4 Å². The number of hydrogen-bond donors (Lipinski definition) is 1. The molecule has 2 amide bonds. The van der Waals surface area contributed by atoms with Crippen LogP contribution in [0.4, 0.5) is 5.82 Å². The minimum absolute atomic E-state index is 0.0682. The molecule has 2 aromatic heterocycles. The van der Waals surface area contributed by atoms with Crippen LogP contribution in [0.3, 0.4) is 0 Å². The zero-order valence-electron chi connectivity index (χ0n) is 17.1. The van der Waals surface area contributed by atoms with Gasteiger partial charge in [0.2, 0.25) is 5.91 Å². The minimum Gasteiger partial charge on any atom is -0.349 e. The van der Waals surface area contributed by atoms with Gasteiger partial charge in [0.15, 0.2) is 5.82 Å². The molecule has 3 aromatic rings. The van der Waals surface area contributed by atoms with Gasteiger partial charge in [0, 0.05) is 57.3 Å². The summed E-state index contributed by atoms with van der Waals surface area (Å²) >= 11 is 0. The van der Waals surface area contributed by atoms with Gasteiger partial charge in [0.1, 0.15) is 0 Å². The topological polar surface area (TPSA) is 89.2 Å². The molecule has 0 aliphatic carbocycles. The van der Waals surface area contributed by atoms with Crippen LogP contribution in [0, 0.1) is 6.92 Å². The number of nitrogens with one attached hydrogen (secondary N) is 1. The van der Waals surface area contributed by atoms with Crippen LogP contribution >= 0.6 is 0 Å². The third kappa shape index (κ3) is 4.21. The molecule has 0 bridgehead atoms. The maximum atomic E-state index is 12.9. The van der Waals surface area contributed by atoms with Crippen molar-refractivity contribution in [1.82, 2.24) is 19.2 Å². The Hall–Kier alpha value is -3.42. The predicted molar refractivity (Wildman–Crippen MR) is 112 cm³/mol. The second kappa shape index (κ2) is 8.30. The van der Waals surface area contributed by atoms with Crippen molar-refractivity contribution in [3.8, 4) is 0 Å². The standard InChI is InChI=1S/C21H25N5O3/c1-14-19(15-8-5-6-9-16(15)25(4)21(14)29)20(28)22-17-11-13-26(23-17)12-7-10-18(27)24(2)3/h5-6,8-9,11,13H,7,10,12H2,1-4H3,(H,22,23,28). The fourth-order valence-corrected chi connectivity index (χ4v) is 3.29. The molecule has 0 spiro atoms. The van der Waals surface area contributed by atoms with Gasteiger partial charge in [-0.15, -0.1) is 0 Å². The normalized spacial score (nSPS) is 10.9. The molecule has 8 nitrogen and oxygen atoms in total. The molecule has 0 unspecified atom stereocenters. The highest BCUT2D eigenvalue weighted by Gasteiger charge is 2.19. The first kappa shape index (κ1) is 20.3. The minimum atomic E-state index is -0.371. The average Bonchev–Trinajstić information content (AvgIpc) is 3.13. The summed E-state index contributed by atoms with van der Waals surface area (Å²) in [6.07, 6.45) is 2.85. The Morgan fingerprint density at radius 3 is 2.62 bits per heavy atom. The zero-order chi connectivity index (χ0) is 21.1. The number of pyridine rings is 1. The molecule has 29 heavy (non-hydrogen) atoms. The molecule has 1 N–H and O–H groups in total. The van der Waals surface area contributed by atoms with Crippen LogP contribution in [0.25, 0.3) is 10.9 Å². The lowest BCUT2D eigenvalue weighted by Crippen LogP contribution is -2.25. The summed E-state index contributed by atoms with van der Waals surface area (Å²) in [5, 5.41) is 7.84. The second-order valence-corrected chi connectivity index (χ2v) is 7.19. The van der Waals surface area contributed by atoms with Crippen molar-refractivity contribution in [2.24, 2.45) is 7.05 Å². The summed E-state index contributed by atoms with van der Waals surface area (Å²) in [5.74, 6) is 0.0984. The average molecular weight is 395 g/mol. The SMILES string of the molecule is Cc1c(C(=O)Nc2ccn(CCCC(=O)N(C)C)n2)c2ccccc2n(C)c1=O. The maximum absolute atomic E-state index is 12.9. The number of benzene rings is 1. The number of aromatic nitrogens is 3. The summed E-state index contributed by atoms with van der Waals surface area (Å²) in [7, 11) is 5.15. The lowest BCUT2D eigenvalue weighted by molar-refractivity contribution is -0.128. The lowest BCUT2D eigenvalue weighted by atomic mass is 10.0. The monoisotopic (exact) mass is 395 g/mol. The third-order valence-electron chi connectivity index (χ3n) is 4.92. The van der Waals surface area contributed by atoms with Gasteiger partial charge in [0.05, 0.1) is 11.1 Å². The summed E-state index contributed by atoms with van der Waals surface area (Å²) in [6, 6.07) is 9.02. The lowest BCUT2D eigenvalue weighted by Gasteiger charge is -2.13. The van der Waals surface area contributed by atoms with Crippen molar-refractivity contribution in [1.29, 1.82) is 0 Å². The van der Waals surface area contributed by atoms with E-state index in [1.54, 1.807) is 54.5 Å². The fourth-order valence-electron chi connectivity index (χ4n) is 3.29. The molecule has 1 aromatic carbocycles. The zero-order valence-corrected chi connectivity index (χ0v) is 17.1. The van der Waals surface area contributed by atoms with E-state index in [2.05, 4.69) is 10.4 Å². The number of fused-ring (bicyclic) bond motifs is 1. The Kier molecular flexibility index (Phi) is 5.81. The summed E-state index contributed by atoms with van der Waals surface area (Å²) < 4.78 is 3.23. The molecule has 0 aliphatic rings. The van der Waals surface area contributed by atoms with Crippen LogP contribution in [0.15, 0.2) is 41.3 Å². The third-order valence-corrected chi connectivity index (χ3v) is 4.92. The molecule has 0 saturated heterocycles. The van der Waals surface area contributed by atoms with Gasteiger partial charge in [-0.25, -0.2) is 0 Å². The van der Waals surface area contributed by atoms with E-state index in [0.29, 0.717) is 47.2 Å². The fraction of sp³-hybridized carbons (Fsp3) is 0.333. The number of nitrogens with zero attached hydrogens (tertiary/aromatic N) is 4. The smallest absolute Gasteiger partial charge is 0.258 e. The van der Waals surface area contributed by atoms with E-state index in [4.69, 9.17) is 0 Å². The number of anilines is 1. The van der Waals surface area contributed by atoms with Crippen molar-refractivity contribution in [3.63, 3.8) is 0 Å². The van der Waals surface area contributed by atoms with Gasteiger partial charge in [0.25, 0.3) is 11.5 Å². The molecule has 0 atom stereocenters. The van der Waals surface area contributed by atoms with Crippen molar-refractivity contribution in [2.75, 3.05) is 19.4 Å². The number of aryl methyl sites for hydroxylation is 2. The molecular weight excluding hydrogens is 370 g/mol. The molecular formula is C21H25N5O3. The maximum Gasteiger partial charge on any atom is 0.258 e. The number of carbonyl (C=O) groups is 2. The van der Waals surface area contributed by atoms with E-state index in [1.165, 1.54) is 0 Å². The van der Waals surface area contributed by atoms with Crippen LogP contribution in [0.1, 0.15) is 28.8 Å². The largest absolute Gasteiger partial charge is 0.349 e. The van der Waals surface area contributed by atoms with Gasteiger partial charge in [-0.3, -0.25) is 19.1 Å². The summed E-state index contributed by atoms with van der Waals surface area (Å²) in [4.78, 5) is 38.7. The molecule has 0 fully saturated rings. The van der Waals surface area contributed by atoms with Crippen LogP contribution < -0.4 is 10.9 Å². The first-order valence-electron chi connectivity index (χ1n) is 9.43. The summed E-state index contributed by atoms with van der Waals surface area (Å²) in [6.45, 7) is 2.23. The first-order chi connectivity index (χ1) is 13.8. The van der Waals surface area contributed by atoms with Gasteiger partial charge < -0.3 is 14.8 Å². The van der Waals surface area contributed by atoms with E-state index in [1.807, 2.05) is 24.3 Å². The van der Waals surface area contributed by atoms with Crippen molar-refractivity contribution >= 4 is 28.5 Å². The second-order valence-electron chi connectivity index (χ2n) is 7.19. The van der Waals surface area contributed by atoms with Gasteiger partial charge in [-0.05, 0) is 19.4 Å². The van der Waals surface area contributed by atoms with Gasteiger partial charge in [-0.1, -0.05) is 18.2 Å². The van der Waals surface area contributed by atoms with Crippen molar-refractivity contribution in [2.45, 2.75) is 26.3 Å². The molecule has 152 valence electrons. The molecule has 0 radical (unpaired) electrons. The first-order valence-corrected chi connectivity index (χ1v) is 9.43. The van der Waals surface area contributed by atoms with Crippen LogP contribution in [0.2, 0.25) is 0 Å². The van der Waals surface area contributed by atoms with E-state index in [9.17, 15) is 14.4 Å². The van der Waals surface area contributed by atoms with Crippen LogP contribution in [0.5, 0.6) is 0 Å². The Balaban J connectivity index is 1.78. The Morgan fingerprint density at radius 1 is 1.17 bits per heavy atom. The number of rotatable bonds is 6. The van der Waals surface area contributed by atoms with Crippen molar-refractivity contribution < 1.29 is 9.59 Å². The Morgan fingerprint density at radius 2 is 1.90 bits per heavy atom. The quantitative estimate of drug-likeness (QED) is 0.693. The summed E-state index contributed by atoms with van der Waals surface area (Å²) in [5.41, 5.74) is 1.24. The molecule has 0 saturated carbocycles. The molecule has 0 aliphatic heterocycles. The highest BCUT2D eigenvalue weighted by atomic mass is 16.2. The molecule has 3 rings (SSSR count). The molecule has 2 heterocycles. The van der Waals surface area contributed by atoms with Gasteiger partial charge >= 0.3 is 0 Å². The van der Waals surface area contributed by atoms with Crippen LogP contribution in [-0.4, -0.2) is 45.2 Å². The van der Waals surface area contributed by atoms with Crippen molar-refractivity contribution in [3.05, 3.63) is 58.0 Å².